The molecular formula is C22H31N5O2. The first-order valence-corrected chi connectivity index (χ1v) is 10.4. The molecule has 1 fully saturated rings. The van der Waals surface area contributed by atoms with Crippen LogP contribution in [0.3, 0.4) is 0 Å². The van der Waals surface area contributed by atoms with E-state index < -0.39 is 0 Å². The van der Waals surface area contributed by atoms with E-state index in [0.717, 1.165) is 69.5 Å². The molecule has 1 amide bonds. The Hall–Kier alpha value is -2.64. The van der Waals surface area contributed by atoms with Crippen LogP contribution in [0.5, 0.6) is 0 Å². The molecule has 1 aromatic carbocycles. The number of pyridine rings is 1. The van der Waals surface area contributed by atoms with Crippen LogP contribution in [0.2, 0.25) is 0 Å². The molecule has 0 unspecified atom stereocenters. The monoisotopic (exact) mass is 397 g/mol. The Bertz CT molecular complexity index is 754. The van der Waals surface area contributed by atoms with Gasteiger partial charge in [-0.25, -0.2) is 4.98 Å². The minimum atomic E-state index is -0.208. The zero-order chi connectivity index (χ0) is 20.5. The van der Waals surface area contributed by atoms with Gasteiger partial charge in [-0.2, -0.15) is 0 Å². The second kappa shape index (κ2) is 10.8. The highest BCUT2D eigenvalue weighted by Gasteiger charge is 2.10. The lowest BCUT2D eigenvalue weighted by Crippen LogP contribution is -2.39. The summed E-state index contributed by atoms with van der Waals surface area (Å²) in [6, 6.07) is 11.5. The second-order valence-corrected chi connectivity index (χ2v) is 6.99. The fourth-order valence-corrected chi connectivity index (χ4v) is 3.36. The van der Waals surface area contributed by atoms with Crippen LogP contribution in [0.15, 0.2) is 42.6 Å². The van der Waals surface area contributed by atoms with Crippen LogP contribution >= 0.6 is 0 Å². The predicted molar refractivity (Wildman–Crippen MR) is 118 cm³/mol. The van der Waals surface area contributed by atoms with E-state index in [1.165, 1.54) is 0 Å². The number of carbonyl (C=O) groups excluding carboxylic acids is 1. The summed E-state index contributed by atoms with van der Waals surface area (Å²) in [5.74, 6) is -0.208. The Morgan fingerprint density at radius 3 is 2.38 bits per heavy atom. The summed E-state index contributed by atoms with van der Waals surface area (Å²) >= 11 is 0. The van der Waals surface area contributed by atoms with Crippen molar-refractivity contribution in [1.82, 2.24) is 9.88 Å². The first-order valence-electron chi connectivity index (χ1n) is 10.4. The highest BCUT2D eigenvalue weighted by atomic mass is 16.5. The van der Waals surface area contributed by atoms with E-state index in [0.29, 0.717) is 5.69 Å². The Kier molecular flexibility index (Phi) is 7.84. The summed E-state index contributed by atoms with van der Waals surface area (Å²) in [5.41, 5.74) is 3.23. The molecule has 0 radical (unpaired) electrons. The van der Waals surface area contributed by atoms with E-state index in [-0.39, 0.29) is 5.91 Å². The van der Waals surface area contributed by atoms with Crippen molar-refractivity contribution >= 4 is 23.0 Å². The summed E-state index contributed by atoms with van der Waals surface area (Å²) < 4.78 is 5.36. The van der Waals surface area contributed by atoms with Crippen molar-refractivity contribution in [3.8, 4) is 0 Å². The fraction of sp³-hybridized carbons (Fsp3) is 0.455. The highest BCUT2D eigenvalue weighted by Crippen LogP contribution is 2.18. The SMILES string of the molecule is CCN(CC)c1ccc(NC(=O)c2ccc(NCCN3CCOCC3)cn2)cc1. The normalized spacial score (nSPS) is 14.4. The van der Waals surface area contributed by atoms with Crippen molar-refractivity contribution < 1.29 is 9.53 Å². The lowest BCUT2D eigenvalue weighted by molar-refractivity contribution is 0.0398. The number of amides is 1. The van der Waals surface area contributed by atoms with Gasteiger partial charge in [-0.15, -0.1) is 0 Å². The molecule has 0 bridgehead atoms. The first kappa shape index (κ1) is 21.1. The summed E-state index contributed by atoms with van der Waals surface area (Å²) in [7, 11) is 0. The van der Waals surface area contributed by atoms with E-state index in [9.17, 15) is 4.79 Å². The molecule has 1 saturated heterocycles. The van der Waals surface area contributed by atoms with Crippen LogP contribution in [0, 0.1) is 0 Å². The number of rotatable bonds is 9. The van der Waals surface area contributed by atoms with Crippen molar-refractivity contribution in [3.05, 3.63) is 48.3 Å². The second-order valence-electron chi connectivity index (χ2n) is 6.99. The van der Waals surface area contributed by atoms with Crippen LogP contribution in [-0.2, 0) is 4.74 Å². The molecule has 1 aromatic heterocycles. The molecule has 156 valence electrons. The zero-order valence-corrected chi connectivity index (χ0v) is 17.4. The van der Waals surface area contributed by atoms with E-state index in [1.807, 2.05) is 30.3 Å². The lowest BCUT2D eigenvalue weighted by Gasteiger charge is -2.26. The van der Waals surface area contributed by atoms with Crippen LogP contribution < -0.4 is 15.5 Å². The number of aromatic nitrogens is 1. The van der Waals surface area contributed by atoms with Crippen LogP contribution in [0.4, 0.5) is 17.1 Å². The quantitative estimate of drug-likeness (QED) is 0.678. The Morgan fingerprint density at radius 2 is 1.76 bits per heavy atom. The van der Waals surface area contributed by atoms with Gasteiger partial charge in [-0.05, 0) is 50.2 Å². The maximum Gasteiger partial charge on any atom is 0.274 e. The third-order valence-electron chi connectivity index (χ3n) is 5.11. The zero-order valence-electron chi connectivity index (χ0n) is 17.4. The van der Waals surface area contributed by atoms with Crippen molar-refractivity contribution in [2.24, 2.45) is 0 Å². The maximum atomic E-state index is 12.5. The average molecular weight is 398 g/mol. The Balaban J connectivity index is 1.48. The lowest BCUT2D eigenvalue weighted by atomic mass is 10.2. The van der Waals surface area contributed by atoms with Gasteiger partial charge in [0, 0.05) is 50.6 Å². The predicted octanol–water partition coefficient (Wildman–Crippen LogP) is 2.92. The first-order chi connectivity index (χ1) is 14.2. The van der Waals surface area contributed by atoms with Crippen LogP contribution in [0.1, 0.15) is 24.3 Å². The van der Waals surface area contributed by atoms with Gasteiger partial charge in [-0.3, -0.25) is 9.69 Å². The number of carbonyl (C=O) groups is 1. The van der Waals surface area contributed by atoms with Gasteiger partial charge < -0.3 is 20.3 Å². The van der Waals surface area contributed by atoms with Gasteiger partial charge in [0.1, 0.15) is 5.69 Å². The largest absolute Gasteiger partial charge is 0.383 e. The van der Waals surface area contributed by atoms with Crippen molar-refractivity contribution in [2.45, 2.75) is 13.8 Å². The minimum Gasteiger partial charge on any atom is -0.383 e. The number of hydrogen-bond acceptors (Lipinski definition) is 6. The fourth-order valence-electron chi connectivity index (χ4n) is 3.36. The summed E-state index contributed by atoms with van der Waals surface area (Å²) in [4.78, 5) is 21.4. The summed E-state index contributed by atoms with van der Waals surface area (Å²) in [6.07, 6.45) is 1.71. The molecule has 2 N–H and O–H groups in total. The van der Waals surface area contributed by atoms with Gasteiger partial charge in [0.2, 0.25) is 0 Å². The molecule has 0 aliphatic carbocycles. The van der Waals surface area contributed by atoms with Gasteiger partial charge in [0.05, 0.1) is 25.1 Å². The molecule has 7 heteroatoms. The van der Waals surface area contributed by atoms with E-state index in [2.05, 4.69) is 39.3 Å². The molecule has 2 aromatic rings. The van der Waals surface area contributed by atoms with Crippen molar-refractivity contribution in [3.63, 3.8) is 0 Å². The molecule has 7 nitrogen and oxygen atoms in total. The smallest absolute Gasteiger partial charge is 0.274 e. The molecule has 0 spiro atoms. The van der Waals surface area contributed by atoms with E-state index in [1.54, 1.807) is 12.3 Å². The molecule has 1 aliphatic rings. The van der Waals surface area contributed by atoms with Gasteiger partial charge in [0.25, 0.3) is 5.91 Å². The Morgan fingerprint density at radius 1 is 1.07 bits per heavy atom. The summed E-state index contributed by atoms with van der Waals surface area (Å²) in [6.45, 7) is 11.6. The topological polar surface area (TPSA) is 69.7 Å². The number of morpholine rings is 1. The third kappa shape index (κ3) is 6.17. The molecule has 3 rings (SSSR count). The van der Waals surface area contributed by atoms with Crippen molar-refractivity contribution in [1.29, 1.82) is 0 Å². The van der Waals surface area contributed by atoms with Crippen LogP contribution in [-0.4, -0.2) is 68.3 Å². The van der Waals surface area contributed by atoms with Crippen molar-refractivity contribution in [2.75, 3.05) is 68.0 Å². The number of nitrogens with zero attached hydrogens (tertiary/aromatic N) is 3. The molecule has 2 heterocycles. The van der Waals surface area contributed by atoms with Gasteiger partial charge in [-0.1, -0.05) is 0 Å². The standard InChI is InChI=1S/C22H31N5O2/c1-3-27(4-2)20-8-5-18(6-9-20)25-22(28)21-10-7-19(17-24-21)23-11-12-26-13-15-29-16-14-26/h5-10,17,23H,3-4,11-16H2,1-2H3,(H,25,28). The Labute approximate surface area is 173 Å². The number of hydrogen-bond donors (Lipinski definition) is 2. The average Bonchev–Trinajstić information content (AvgIpc) is 2.77. The van der Waals surface area contributed by atoms with E-state index in [4.69, 9.17) is 4.74 Å². The molecule has 29 heavy (non-hydrogen) atoms. The molecule has 0 atom stereocenters. The summed E-state index contributed by atoms with van der Waals surface area (Å²) in [5, 5.41) is 6.26. The highest BCUT2D eigenvalue weighted by molar-refractivity contribution is 6.03. The molecule has 0 saturated carbocycles. The number of nitrogens with one attached hydrogen (secondary N) is 2. The number of anilines is 3. The third-order valence-corrected chi connectivity index (χ3v) is 5.11. The van der Waals surface area contributed by atoms with Crippen LogP contribution in [0.25, 0.3) is 0 Å². The maximum absolute atomic E-state index is 12.5. The molecule has 1 aliphatic heterocycles. The molecular weight excluding hydrogens is 366 g/mol. The number of ether oxygens (including phenoxy) is 1. The van der Waals surface area contributed by atoms with E-state index >= 15 is 0 Å². The van der Waals surface area contributed by atoms with Gasteiger partial charge >= 0.3 is 0 Å². The number of benzene rings is 1. The minimum absolute atomic E-state index is 0.208. The van der Waals surface area contributed by atoms with Gasteiger partial charge in [0.15, 0.2) is 0 Å².